The van der Waals surface area contributed by atoms with Crippen molar-refractivity contribution >= 4 is 11.6 Å². The summed E-state index contributed by atoms with van der Waals surface area (Å²) in [5.74, 6) is 1.06. The lowest BCUT2D eigenvalue weighted by Crippen LogP contribution is -1.90. The predicted molar refractivity (Wildman–Crippen MR) is 80.1 cm³/mol. The number of aromatic nitrogens is 4. The molecule has 0 saturated heterocycles. The molecule has 0 atom stereocenters. The summed E-state index contributed by atoms with van der Waals surface area (Å²) in [5, 5.41) is 8.90. The van der Waals surface area contributed by atoms with E-state index in [1.807, 2.05) is 37.3 Å². The van der Waals surface area contributed by atoms with Gasteiger partial charge in [-0.15, -0.1) is 0 Å². The molecule has 0 aliphatic carbocycles. The SMILES string of the molecule is CCc1nn(C)c(Cl)c1-c1nc(Cc2ccccc2)no1. The van der Waals surface area contributed by atoms with Crippen molar-refractivity contribution in [1.82, 2.24) is 19.9 Å². The van der Waals surface area contributed by atoms with Crippen molar-refractivity contribution in [1.29, 1.82) is 0 Å². The van der Waals surface area contributed by atoms with Gasteiger partial charge in [0.1, 0.15) is 5.15 Å². The minimum atomic E-state index is 0.427. The van der Waals surface area contributed by atoms with Crippen molar-refractivity contribution in [2.75, 3.05) is 0 Å². The molecule has 108 valence electrons. The van der Waals surface area contributed by atoms with Gasteiger partial charge in [-0.1, -0.05) is 54.0 Å². The van der Waals surface area contributed by atoms with Gasteiger partial charge >= 0.3 is 0 Å². The maximum absolute atomic E-state index is 6.27. The molecule has 0 unspecified atom stereocenters. The first kappa shape index (κ1) is 13.8. The zero-order valence-electron chi connectivity index (χ0n) is 11.9. The van der Waals surface area contributed by atoms with Crippen LogP contribution in [0.15, 0.2) is 34.9 Å². The van der Waals surface area contributed by atoms with Crippen LogP contribution in [0.1, 0.15) is 24.0 Å². The van der Waals surface area contributed by atoms with E-state index in [0.717, 1.165) is 23.2 Å². The molecule has 6 heteroatoms. The topological polar surface area (TPSA) is 56.7 Å². The Morgan fingerprint density at radius 2 is 2.00 bits per heavy atom. The minimum Gasteiger partial charge on any atom is -0.334 e. The van der Waals surface area contributed by atoms with Crippen molar-refractivity contribution in [3.63, 3.8) is 0 Å². The van der Waals surface area contributed by atoms with Crippen LogP contribution in [0.5, 0.6) is 0 Å². The van der Waals surface area contributed by atoms with Gasteiger partial charge in [-0.3, -0.25) is 4.68 Å². The number of rotatable bonds is 4. The molecule has 2 heterocycles. The highest BCUT2D eigenvalue weighted by molar-refractivity contribution is 6.32. The summed E-state index contributed by atoms with van der Waals surface area (Å²) in [6, 6.07) is 10.0. The van der Waals surface area contributed by atoms with Gasteiger partial charge in [-0.05, 0) is 12.0 Å². The van der Waals surface area contributed by atoms with Gasteiger partial charge in [0.25, 0.3) is 5.89 Å². The lowest BCUT2D eigenvalue weighted by molar-refractivity contribution is 0.423. The Balaban J connectivity index is 1.92. The molecule has 0 spiro atoms. The fourth-order valence-electron chi connectivity index (χ4n) is 2.22. The van der Waals surface area contributed by atoms with Crippen molar-refractivity contribution in [3.05, 3.63) is 52.6 Å². The second-order valence-electron chi connectivity index (χ2n) is 4.77. The Hall–Kier alpha value is -2.14. The standard InChI is InChI=1S/C15H15ClN4O/c1-3-11-13(14(16)20(2)18-11)15-17-12(19-21-15)9-10-7-5-4-6-8-10/h4-8H,3,9H2,1-2H3. The third-order valence-electron chi connectivity index (χ3n) is 3.27. The Labute approximate surface area is 127 Å². The number of benzene rings is 1. The largest absolute Gasteiger partial charge is 0.334 e. The minimum absolute atomic E-state index is 0.427. The number of hydrogen-bond acceptors (Lipinski definition) is 4. The molecule has 2 aromatic heterocycles. The van der Waals surface area contributed by atoms with Crippen LogP contribution in [-0.2, 0) is 19.9 Å². The average molecular weight is 303 g/mol. The molecule has 0 amide bonds. The van der Waals surface area contributed by atoms with E-state index in [2.05, 4.69) is 15.2 Å². The highest BCUT2D eigenvalue weighted by Gasteiger charge is 2.21. The Kier molecular flexibility index (Phi) is 3.75. The maximum atomic E-state index is 6.27. The molecular weight excluding hydrogens is 288 g/mol. The second-order valence-corrected chi connectivity index (χ2v) is 5.13. The molecule has 3 aromatic rings. The van der Waals surface area contributed by atoms with Crippen LogP contribution in [0.4, 0.5) is 0 Å². The van der Waals surface area contributed by atoms with E-state index < -0.39 is 0 Å². The fraction of sp³-hybridized carbons (Fsp3) is 0.267. The van der Waals surface area contributed by atoms with Crippen LogP contribution in [0.2, 0.25) is 5.15 Å². The van der Waals surface area contributed by atoms with E-state index in [1.165, 1.54) is 0 Å². The highest BCUT2D eigenvalue weighted by Crippen LogP contribution is 2.30. The molecule has 1 aromatic carbocycles. The molecule has 0 aliphatic heterocycles. The van der Waals surface area contributed by atoms with E-state index in [1.54, 1.807) is 11.7 Å². The van der Waals surface area contributed by atoms with Gasteiger partial charge < -0.3 is 4.52 Å². The number of aryl methyl sites for hydroxylation is 2. The van der Waals surface area contributed by atoms with Crippen molar-refractivity contribution < 1.29 is 4.52 Å². The van der Waals surface area contributed by atoms with Crippen LogP contribution in [0.3, 0.4) is 0 Å². The maximum Gasteiger partial charge on any atom is 0.262 e. The first-order valence-corrected chi connectivity index (χ1v) is 7.15. The lowest BCUT2D eigenvalue weighted by Gasteiger charge is -1.95. The summed E-state index contributed by atoms with van der Waals surface area (Å²) in [6.45, 7) is 2.02. The second kappa shape index (κ2) is 5.69. The fourth-order valence-corrected chi connectivity index (χ4v) is 2.45. The van der Waals surface area contributed by atoms with Crippen LogP contribution in [0.25, 0.3) is 11.5 Å². The van der Waals surface area contributed by atoms with Crippen molar-refractivity contribution in [2.45, 2.75) is 19.8 Å². The Bertz CT molecular complexity index is 748. The summed E-state index contributed by atoms with van der Waals surface area (Å²) < 4.78 is 6.98. The predicted octanol–water partition coefficient (Wildman–Crippen LogP) is 3.28. The molecule has 0 saturated carbocycles. The molecule has 0 aliphatic rings. The van der Waals surface area contributed by atoms with E-state index in [4.69, 9.17) is 16.1 Å². The van der Waals surface area contributed by atoms with E-state index >= 15 is 0 Å². The summed E-state index contributed by atoms with van der Waals surface area (Å²) >= 11 is 6.27. The van der Waals surface area contributed by atoms with Crippen molar-refractivity contribution in [3.8, 4) is 11.5 Å². The first-order valence-electron chi connectivity index (χ1n) is 6.77. The Morgan fingerprint density at radius 3 is 2.71 bits per heavy atom. The van der Waals surface area contributed by atoms with Gasteiger partial charge in [-0.2, -0.15) is 10.1 Å². The van der Waals surface area contributed by atoms with Crippen LogP contribution < -0.4 is 0 Å². The summed E-state index contributed by atoms with van der Waals surface area (Å²) in [4.78, 5) is 4.44. The molecular formula is C15H15ClN4O. The normalized spacial score (nSPS) is 11.0. The molecule has 21 heavy (non-hydrogen) atoms. The first-order chi connectivity index (χ1) is 10.2. The average Bonchev–Trinajstić information content (AvgIpc) is 3.05. The third-order valence-corrected chi connectivity index (χ3v) is 3.71. The van der Waals surface area contributed by atoms with E-state index in [-0.39, 0.29) is 0 Å². The molecule has 5 nitrogen and oxygen atoms in total. The quantitative estimate of drug-likeness (QED) is 0.742. The molecule has 0 radical (unpaired) electrons. The molecule has 3 rings (SSSR count). The van der Waals surface area contributed by atoms with Crippen LogP contribution in [-0.4, -0.2) is 19.9 Å². The lowest BCUT2D eigenvalue weighted by atomic mass is 10.1. The molecule has 0 bridgehead atoms. The number of nitrogens with zero attached hydrogens (tertiary/aromatic N) is 4. The van der Waals surface area contributed by atoms with Crippen LogP contribution >= 0.6 is 11.6 Å². The smallest absolute Gasteiger partial charge is 0.262 e. The molecule has 0 fully saturated rings. The van der Waals surface area contributed by atoms with Gasteiger partial charge in [-0.25, -0.2) is 0 Å². The highest BCUT2D eigenvalue weighted by atomic mass is 35.5. The number of halogens is 1. The van der Waals surface area contributed by atoms with Crippen molar-refractivity contribution in [2.24, 2.45) is 7.05 Å². The summed E-state index contributed by atoms with van der Waals surface area (Å²) in [5.41, 5.74) is 2.73. The van der Waals surface area contributed by atoms with Gasteiger partial charge in [0.05, 0.1) is 11.3 Å². The van der Waals surface area contributed by atoms with E-state index in [9.17, 15) is 0 Å². The summed E-state index contributed by atoms with van der Waals surface area (Å²) in [6.07, 6.45) is 1.38. The third kappa shape index (κ3) is 2.69. The Morgan fingerprint density at radius 1 is 1.24 bits per heavy atom. The van der Waals surface area contributed by atoms with Gasteiger partial charge in [0, 0.05) is 13.5 Å². The summed E-state index contributed by atoms with van der Waals surface area (Å²) in [7, 11) is 1.80. The molecule has 0 N–H and O–H groups in total. The van der Waals surface area contributed by atoms with Gasteiger partial charge in [0.15, 0.2) is 5.82 Å². The number of hydrogen-bond donors (Lipinski definition) is 0. The van der Waals surface area contributed by atoms with Gasteiger partial charge in [0.2, 0.25) is 0 Å². The monoisotopic (exact) mass is 302 g/mol. The zero-order valence-corrected chi connectivity index (χ0v) is 12.6. The zero-order chi connectivity index (χ0) is 14.8. The van der Waals surface area contributed by atoms with Crippen LogP contribution in [0, 0.1) is 0 Å². The van der Waals surface area contributed by atoms with E-state index in [0.29, 0.717) is 23.3 Å².